The van der Waals surface area contributed by atoms with E-state index in [9.17, 15) is 30.0 Å². The van der Waals surface area contributed by atoms with Crippen molar-refractivity contribution >= 4 is 17.1 Å². The Bertz CT molecular complexity index is 602. The van der Waals surface area contributed by atoms with Gasteiger partial charge in [0.05, 0.1) is 5.57 Å². The third-order valence-corrected chi connectivity index (χ3v) is 2.82. The fourth-order valence-electron chi connectivity index (χ4n) is 1.77. The zero-order chi connectivity index (χ0) is 14.3. The molecule has 0 fully saturated rings. The lowest BCUT2D eigenvalue weighted by molar-refractivity contribution is -0.141. The molecule has 0 saturated heterocycles. The molecular weight excluding hydrogens is 256 g/mol. The van der Waals surface area contributed by atoms with Crippen LogP contribution in [0.1, 0.15) is 5.56 Å². The number of Topliss-reactive ketones (excluding diaryl/α,β-unsaturated/α-hetero) is 2. The molecule has 0 heterocycles. The number of aromatic hydroxyl groups is 2. The standard InChI is InChI=1S/C12H10O7/c13-5-2-1-4(3-6(5)14)7-8(15)10(17)12(19)11(18)9(7)16/h1-3,10,12-14,16-17,19H. The van der Waals surface area contributed by atoms with Crippen molar-refractivity contribution in [3.63, 3.8) is 0 Å². The van der Waals surface area contributed by atoms with E-state index in [4.69, 9.17) is 5.11 Å². The third kappa shape index (κ3) is 1.94. The number of benzene rings is 1. The summed E-state index contributed by atoms with van der Waals surface area (Å²) in [5.74, 6) is -4.23. The van der Waals surface area contributed by atoms with Gasteiger partial charge in [-0.2, -0.15) is 0 Å². The normalized spacial score (nSPS) is 23.9. The molecule has 0 aromatic heterocycles. The first kappa shape index (κ1) is 13.1. The van der Waals surface area contributed by atoms with Crippen LogP contribution in [-0.2, 0) is 9.59 Å². The largest absolute Gasteiger partial charge is 0.504 e. The van der Waals surface area contributed by atoms with Crippen molar-refractivity contribution < 1.29 is 35.1 Å². The van der Waals surface area contributed by atoms with Crippen LogP contribution in [0.25, 0.3) is 5.57 Å². The number of carbonyl (C=O) groups is 2. The highest BCUT2D eigenvalue weighted by Gasteiger charge is 2.42. The molecule has 7 nitrogen and oxygen atoms in total. The Morgan fingerprint density at radius 2 is 1.42 bits per heavy atom. The maximum Gasteiger partial charge on any atom is 0.229 e. The Morgan fingerprint density at radius 3 is 2.00 bits per heavy atom. The highest BCUT2D eigenvalue weighted by atomic mass is 16.4. The van der Waals surface area contributed by atoms with Crippen molar-refractivity contribution in [1.82, 2.24) is 0 Å². The number of ketones is 2. The number of aliphatic hydroxyl groups is 3. The van der Waals surface area contributed by atoms with E-state index >= 15 is 0 Å². The van der Waals surface area contributed by atoms with Gasteiger partial charge in [-0.15, -0.1) is 0 Å². The second-order valence-electron chi connectivity index (χ2n) is 4.05. The molecule has 19 heavy (non-hydrogen) atoms. The summed E-state index contributed by atoms with van der Waals surface area (Å²) in [4.78, 5) is 23.2. The summed E-state index contributed by atoms with van der Waals surface area (Å²) in [6, 6.07) is 3.19. The molecule has 1 aliphatic rings. The minimum absolute atomic E-state index is 0.0582. The van der Waals surface area contributed by atoms with Crippen LogP contribution in [0.2, 0.25) is 0 Å². The van der Waals surface area contributed by atoms with Gasteiger partial charge in [-0.05, 0) is 17.7 Å². The van der Waals surface area contributed by atoms with Gasteiger partial charge in [0.2, 0.25) is 5.78 Å². The second kappa shape index (κ2) is 4.38. The fourth-order valence-corrected chi connectivity index (χ4v) is 1.77. The average Bonchev–Trinajstić information content (AvgIpc) is 2.38. The Labute approximate surface area is 106 Å². The summed E-state index contributed by atoms with van der Waals surface area (Å²) >= 11 is 0. The zero-order valence-electron chi connectivity index (χ0n) is 9.44. The molecule has 0 spiro atoms. The lowest BCUT2D eigenvalue weighted by atomic mass is 9.86. The predicted octanol–water partition coefficient (Wildman–Crippen LogP) is -0.760. The summed E-state index contributed by atoms with van der Waals surface area (Å²) in [6.45, 7) is 0. The summed E-state index contributed by atoms with van der Waals surface area (Å²) in [5, 5.41) is 46.7. The van der Waals surface area contributed by atoms with Crippen LogP contribution < -0.4 is 0 Å². The van der Waals surface area contributed by atoms with Crippen LogP contribution in [0.5, 0.6) is 11.5 Å². The first-order valence-corrected chi connectivity index (χ1v) is 5.24. The molecule has 2 rings (SSSR count). The monoisotopic (exact) mass is 266 g/mol. The SMILES string of the molecule is O=C1C(O)=C(c2ccc(O)c(O)c2)C(=O)C(O)C1O. The molecule has 100 valence electrons. The highest BCUT2D eigenvalue weighted by Crippen LogP contribution is 2.32. The van der Waals surface area contributed by atoms with Gasteiger partial charge < -0.3 is 25.5 Å². The summed E-state index contributed by atoms with van der Waals surface area (Å²) in [6.07, 6.45) is -3.99. The van der Waals surface area contributed by atoms with Gasteiger partial charge >= 0.3 is 0 Å². The predicted molar refractivity (Wildman–Crippen MR) is 61.3 cm³/mol. The van der Waals surface area contributed by atoms with Crippen LogP contribution in [0, 0.1) is 0 Å². The topological polar surface area (TPSA) is 135 Å². The maximum atomic E-state index is 11.8. The molecule has 1 aliphatic carbocycles. The number of phenolic OH excluding ortho intramolecular Hbond substituents is 2. The Hall–Kier alpha value is -2.38. The lowest BCUT2D eigenvalue weighted by Crippen LogP contribution is -2.45. The number of hydrogen-bond acceptors (Lipinski definition) is 7. The third-order valence-electron chi connectivity index (χ3n) is 2.82. The van der Waals surface area contributed by atoms with Crippen molar-refractivity contribution in [3.8, 4) is 11.5 Å². The van der Waals surface area contributed by atoms with Gasteiger partial charge in [0, 0.05) is 0 Å². The number of rotatable bonds is 1. The van der Waals surface area contributed by atoms with Crippen LogP contribution >= 0.6 is 0 Å². The number of aliphatic hydroxyl groups excluding tert-OH is 3. The van der Waals surface area contributed by atoms with Gasteiger partial charge in [0.15, 0.2) is 35.2 Å². The minimum atomic E-state index is -2.01. The van der Waals surface area contributed by atoms with Gasteiger partial charge in [-0.25, -0.2) is 0 Å². The molecule has 5 N–H and O–H groups in total. The minimum Gasteiger partial charge on any atom is -0.504 e. The molecule has 1 aromatic carbocycles. The first-order chi connectivity index (χ1) is 8.84. The number of phenols is 2. The molecule has 1 aromatic rings. The Balaban J connectivity index is 2.61. The number of hydrogen-bond donors (Lipinski definition) is 5. The van der Waals surface area contributed by atoms with Crippen molar-refractivity contribution in [2.24, 2.45) is 0 Å². The molecular formula is C12H10O7. The number of carbonyl (C=O) groups excluding carboxylic acids is 2. The molecule has 0 bridgehead atoms. The second-order valence-corrected chi connectivity index (χ2v) is 4.05. The maximum absolute atomic E-state index is 11.8. The molecule has 0 radical (unpaired) electrons. The Morgan fingerprint density at radius 1 is 0.842 bits per heavy atom. The van der Waals surface area contributed by atoms with Crippen LogP contribution in [0.15, 0.2) is 24.0 Å². The molecule has 0 saturated carbocycles. The van der Waals surface area contributed by atoms with Crippen molar-refractivity contribution in [1.29, 1.82) is 0 Å². The molecule has 2 unspecified atom stereocenters. The Kier molecular flexibility index (Phi) is 3.01. The first-order valence-electron chi connectivity index (χ1n) is 5.24. The van der Waals surface area contributed by atoms with E-state index in [1.807, 2.05) is 0 Å². The van der Waals surface area contributed by atoms with Gasteiger partial charge in [-0.3, -0.25) is 9.59 Å². The molecule has 0 amide bonds. The van der Waals surface area contributed by atoms with E-state index in [0.717, 1.165) is 12.1 Å². The van der Waals surface area contributed by atoms with Crippen molar-refractivity contribution in [2.45, 2.75) is 12.2 Å². The van der Waals surface area contributed by atoms with Gasteiger partial charge in [0.25, 0.3) is 0 Å². The van der Waals surface area contributed by atoms with E-state index in [0.29, 0.717) is 0 Å². The smallest absolute Gasteiger partial charge is 0.229 e. The van der Waals surface area contributed by atoms with Crippen molar-refractivity contribution in [3.05, 3.63) is 29.5 Å². The summed E-state index contributed by atoms with van der Waals surface area (Å²) in [7, 11) is 0. The van der Waals surface area contributed by atoms with E-state index in [1.54, 1.807) is 0 Å². The average molecular weight is 266 g/mol. The van der Waals surface area contributed by atoms with Gasteiger partial charge in [0.1, 0.15) is 0 Å². The van der Waals surface area contributed by atoms with Gasteiger partial charge in [-0.1, -0.05) is 6.07 Å². The van der Waals surface area contributed by atoms with E-state index in [2.05, 4.69) is 0 Å². The highest BCUT2D eigenvalue weighted by molar-refractivity contribution is 6.32. The van der Waals surface area contributed by atoms with E-state index in [-0.39, 0.29) is 5.56 Å². The molecule has 0 aliphatic heterocycles. The van der Waals surface area contributed by atoms with Crippen LogP contribution in [0.3, 0.4) is 0 Å². The van der Waals surface area contributed by atoms with Crippen molar-refractivity contribution in [2.75, 3.05) is 0 Å². The van der Waals surface area contributed by atoms with E-state index in [1.165, 1.54) is 6.07 Å². The van der Waals surface area contributed by atoms with Crippen LogP contribution in [-0.4, -0.2) is 49.3 Å². The van der Waals surface area contributed by atoms with Crippen LogP contribution in [0.4, 0.5) is 0 Å². The van der Waals surface area contributed by atoms with E-state index < -0.39 is 46.6 Å². The summed E-state index contributed by atoms with van der Waals surface area (Å²) in [5.41, 5.74) is -0.574. The fraction of sp³-hybridized carbons (Fsp3) is 0.167. The zero-order valence-corrected chi connectivity index (χ0v) is 9.44. The molecule has 7 heteroatoms. The lowest BCUT2D eigenvalue weighted by Gasteiger charge is -2.23. The summed E-state index contributed by atoms with van der Waals surface area (Å²) < 4.78 is 0. The molecule has 2 atom stereocenters. The quantitative estimate of drug-likeness (QED) is 0.421.